The first kappa shape index (κ1) is 12.7. The fourth-order valence-electron chi connectivity index (χ4n) is 2.35. The monoisotopic (exact) mass is 272 g/mol. The Balaban J connectivity index is 1.72. The van der Waals surface area contributed by atoms with E-state index in [2.05, 4.69) is 10.9 Å². The van der Waals surface area contributed by atoms with Gasteiger partial charge in [-0.05, 0) is 25.3 Å². The van der Waals surface area contributed by atoms with E-state index in [0.29, 0.717) is 11.5 Å². The zero-order valence-electron chi connectivity index (χ0n) is 11.4. The van der Waals surface area contributed by atoms with E-state index in [1.54, 1.807) is 0 Å². The molecule has 0 saturated heterocycles. The van der Waals surface area contributed by atoms with Gasteiger partial charge < -0.3 is 4.42 Å². The quantitative estimate of drug-likeness (QED) is 0.823. The Hall–Kier alpha value is -2.30. The smallest absolute Gasteiger partial charge is 0.305 e. The summed E-state index contributed by atoms with van der Waals surface area (Å²) in [6.07, 6.45) is 0.880. The molecule has 1 fully saturated rings. The predicted octanol–water partition coefficient (Wildman–Crippen LogP) is 2.16. The Morgan fingerprint density at radius 2 is 1.95 bits per heavy atom. The molecule has 5 nitrogen and oxygen atoms in total. The minimum atomic E-state index is -0.430. The fourth-order valence-corrected chi connectivity index (χ4v) is 2.35. The van der Waals surface area contributed by atoms with Crippen LogP contribution in [0.25, 0.3) is 11.0 Å². The molecule has 2 amide bonds. The van der Waals surface area contributed by atoms with E-state index in [4.69, 9.17) is 4.42 Å². The second-order valence-electron chi connectivity index (χ2n) is 5.32. The lowest BCUT2D eigenvalue weighted by molar-refractivity contribution is -0.123. The van der Waals surface area contributed by atoms with Gasteiger partial charge in [-0.3, -0.25) is 20.4 Å². The Labute approximate surface area is 116 Å². The van der Waals surface area contributed by atoms with E-state index < -0.39 is 5.91 Å². The SMILES string of the molecule is Cc1c(C(=O)NNC(=O)C2CC2C)oc2ccccc12. The summed E-state index contributed by atoms with van der Waals surface area (Å²) in [5, 5.41) is 0.903. The normalized spacial score (nSPS) is 20.7. The molecule has 0 radical (unpaired) electrons. The van der Waals surface area contributed by atoms with Gasteiger partial charge in [0.25, 0.3) is 0 Å². The molecule has 0 aliphatic heterocycles. The van der Waals surface area contributed by atoms with Crippen molar-refractivity contribution in [2.75, 3.05) is 0 Å². The van der Waals surface area contributed by atoms with Gasteiger partial charge in [0.05, 0.1) is 0 Å². The van der Waals surface area contributed by atoms with Crippen molar-refractivity contribution in [2.24, 2.45) is 11.8 Å². The van der Waals surface area contributed by atoms with Crippen LogP contribution in [0, 0.1) is 18.8 Å². The van der Waals surface area contributed by atoms with E-state index in [0.717, 1.165) is 17.4 Å². The van der Waals surface area contributed by atoms with Gasteiger partial charge in [-0.25, -0.2) is 0 Å². The molecule has 1 aliphatic carbocycles. The molecule has 2 atom stereocenters. The van der Waals surface area contributed by atoms with Crippen LogP contribution in [0.3, 0.4) is 0 Å². The molecular formula is C15H16N2O3. The zero-order chi connectivity index (χ0) is 14.3. The van der Waals surface area contributed by atoms with Crippen molar-refractivity contribution in [2.45, 2.75) is 20.3 Å². The lowest BCUT2D eigenvalue weighted by Gasteiger charge is -2.05. The topological polar surface area (TPSA) is 71.3 Å². The molecule has 104 valence electrons. The van der Waals surface area contributed by atoms with Crippen molar-refractivity contribution in [3.8, 4) is 0 Å². The molecule has 20 heavy (non-hydrogen) atoms. The number of carbonyl (C=O) groups is 2. The lowest BCUT2D eigenvalue weighted by Crippen LogP contribution is -2.42. The molecule has 1 heterocycles. The highest BCUT2D eigenvalue weighted by Gasteiger charge is 2.39. The lowest BCUT2D eigenvalue weighted by atomic mass is 10.1. The number of benzene rings is 1. The summed E-state index contributed by atoms with van der Waals surface area (Å²) in [5.74, 6) is 0.0854. The number of carbonyl (C=O) groups excluding carboxylic acids is 2. The van der Waals surface area contributed by atoms with Gasteiger partial charge in [0, 0.05) is 16.9 Å². The zero-order valence-corrected chi connectivity index (χ0v) is 11.4. The largest absolute Gasteiger partial charge is 0.451 e. The maximum Gasteiger partial charge on any atom is 0.305 e. The van der Waals surface area contributed by atoms with Crippen LogP contribution in [0.1, 0.15) is 29.5 Å². The molecular weight excluding hydrogens is 256 g/mol. The summed E-state index contributed by atoms with van der Waals surface area (Å²) in [4.78, 5) is 23.7. The molecule has 1 aromatic carbocycles. The third-order valence-electron chi connectivity index (χ3n) is 3.80. The minimum absolute atomic E-state index is 0.0204. The van der Waals surface area contributed by atoms with E-state index in [9.17, 15) is 9.59 Å². The van der Waals surface area contributed by atoms with Crippen molar-refractivity contribution in [3.05, 3.63) is 35.6 Å². The standard InChI is InChI=1S/C15H16N2O3/c1-8-7-11(8)14(18)16-17-15(19)13-9(2)10-5-3-4-6-12(10)20-13/h3-6,8,11H,7H2,1-2H3,(H,16,18)(H,17,19). The number of rotatable bonds is 2. The number of nitrogens with one attached hydrogen (secondary N) is 2. The Bertz CT molecular complexity index is 689. The number of hydrogen-bond donors (Lipinski definition) is 2. The fraction of sp³-hybridized carbons (Fsp3) is 0.333. The predicted molar refractivity (Wildman–Crippen MR) is 73.8 cm³/mol. The molecule has 3 rings (SSSR count). The number of furan rings is 1. The number of para-hydroxylation sites is 1. The molecule has 2 aromatic rings. The second-order valence-corrected chi connectivity index (χ2v) is 5.32. The molecule has 0 spiro atoms. The Kier molecular flexibility index (Phi) is 2.97. The molecule has 2 N–H and O–H groups in total. The van der Waals surface area contributed by atoms with E-state index >= 15 is 0 Å². The summed E-state index contributed by atoms with van der Waals surface area (Å²) in [7, 11) is 0. The Morgan fingerprint density at radius 3 is 2.60 bits per heavy atom. The molecule has 1 aliphatic rings. The van der Waals surface area contributed by atoms with E-state index in [1.807, 2.05) is 38.1 Å². The van der Waals surface area contributed by atoms with Gasteiger partial charge in [-0.15, -0.1) is 0 Å². The molecule has 1 saturated carbocycles. The number of fused-ring (bicyclic) bond motifs is 1. The van der Waals surface area contributed by atoms with Gasteiger partial charge >= 0.3 is 5.91 Å². The average Bonchev–Trinajstić information content (AvgIpc) is 3.09. The summed E-state index contributed by atoms with van der Waals surface area (Å²) >= 11 is 0. The summed E-state index contributed by atoms with van der Waals surface area (Å²) in [6, 6.07) is 7.45. The van der Waals surface area contributed by atoms with Gasteiger partial charge in [-0.1, -0.05) is 25.1 Å². The minimum Gasteiger partial charge on any atom is -0.451 e. The van der Waals surface area contributed by atoms with Crippen molar-refractivity contribution >= 4 is 22.8 Å². The first-order valence-corrected chi connectivity index (χ1v) is 6.66. The number of amides is 2. The molecule has 2 unspecified atom stereocenters. The maximum atomic E-state index is 12.0. The van der Waals surface area contributed by atoms with Gasteiger partial charge in [0.2, 0.25) is 5.91 Å². The summed E-state index contributed by atoms with van der Waals surface area (Å²) < 4.78 is 5.53. The van der Waals surface area contributed by atoms with Crippen molar-refractivity contribution < 1.29 is 14.0 Å². The van der Waals surface area contributed by atoms with Crippen LogP contribution in [0.2, 0.25) is 0 Å². The third kappa shape index (κ3) is 2.15. The van der Waals surface area contributed by atoms with Crippen molar-refractivity contribution in [1.29, 1.82) is 0 Å². The van der Waals surface area contributed by atoms with Crippen molar-refractivity contribution in [3.63, 3.8) is 0 Å². The van der Waals surface area contributed by atoms with Crippen LogP contribution in [0.4, 0.5) is 0 Å². The van der Waals surface area contributed by atoms with Crippen LogP contribution in [0.15, 0.2) is 28.7 Å². The van der Waals surface area contributed by atoms with Gasteiger partial charge in [0.1, 0.15) is 5.58 Å². The summed E-state index contributed by atoms with van der Waals surface area (Å²) in [6.45, 7) is 3.83. The molecule has 1 aromatic heterocycles. The van der Waals surface area contributed by atoms with E-state index in [-0.39, 0.29) is 17.6 Å². The van der Waals surface area contributed by atoms with Gasteiger partial charge in [-0.2, -0.15) is 0 Å². The first-order chi connectivity index (χ1) is 9.58. The highest BCUT2D eigenvalue weighted by molar-refractivity contribution is 5.99. The average molecular weight is 272 g/mol. The molecule has 5 heteroatoms. The highest BCUT2D eigenvalue weighted by atomic mass is 16.3. The van der Waals surface area contributed by atoms with Crippen LogP contribution in [-0.2, 0) is 4.79 Å². The maximum absolute atomic E-state index is 12.0. The van der Waals surface area contributed by atoms with Gasteiger partial charge in [0.15, 0.2) is 5.76 Å². The summed E-state index contributed by atoms with van der Waals surface area (Å²) in [5.41, 5.74) is 6.29. The third-order valence-corrected chi connectivity index (χ3v) is 3.80. The number of hydrogen-bond acceptors (Lipinski definition) is 3. The molecule has 0 bridgehead atoms. The Morgan fingerprint density at radius 1 is 1.25 bits per heavy atom. The first-order valence-electron chi connectivity index (χ1n) is 6.66. The van der Waals surface area contributed by atoms with Crippen molar-refractivity contribution in [1.82, 2.24) is 10.9 Å². The van der Waals surface area contributed by atoms with E-state index in [1.165, 1.54) is 0 Å². The number of hydrazine groups is 1. The number of aryl methyl sites for hydroxylation is 1. The van der Waals surface area contributed by atoms with Crippen LogP contribution in [0.5, 0.6) is 0 Å². The second kappa shape index (κ2) is 4.67. The van der Waals surface area contributed by atoms with Crippen LogP contribution in [-0.4, -0.2) is 11.8 Å². The highest BCUT2D eigenvalue weighted by Crippen LogP contribution is 2.37. The van der Waals surface area contributed by atoms with Crippen LogP contribution >= 0.6 is 0 Å². The van der Waals surface area contributed by atoms with Crippen LogP contribution < -0.4 is 10.9 Å².